The first kappa shape index (κ1) is 18.6. The van der Waals surface area contributed by atoms with Crippen LogP contribution in [0, 0.1) is 0 Å². The van der Waals surface area contributed by atoms with Crippen LogP contribution in [0.3, 0.4) is 0 Å². The van der Waals surface area contributed by atoms with Crippen LogP contribution in [0.1, 0.15) is 12.5 Å². The lowest BCUT2D eigenvalue weighted by molar-refractivity contribution is -0.118. The van der Waals surface area contributed by atoms with Gasteiger partial charge in [-0.05, 0) is 48.3 Å². The molecule has 0 saturated carbocycles. The van der Waals surface area contributed by atoms with Gasteiger partial charge in [-0.3, -0.25) is 4.79 Å². The monoisotopic (exact) mass is 381 g/mol. The highest BCUT2D eigenvalue weighted by atomic mass is 32.1. The molecule has 0 saturated heterocycles. The smallest absolute Gasteiger partial charge is 0.262 e. The van der Waals surface area contributed by atoms with Crippen molar-refractivity contribution in [2.45, 2.75) is 6.92 Å². The zero-order valence-electron chi connectivity index (χ0n) is 15.0. The summed E-state index contributed by atoms with van der Waals surface area (Å²) in [6.07, 6.45) is 3.91. The van der Waals surface area contributed by atoms with E-state index in [2.05, 4.69) is 14.9 Å². The lowest BCUT2D eigenvalue weighted by atomic mass is 10.1. The number of aromatic nitrogens is 2. The summed E-state index contributed by atoms with van der Waals surface area (Å²) in [5.41, 5.74) is 3.45. The molecule has 0 aliphatic rings. The predicted molar refractivity (Wildman–Crippen MR) is 107 cm³/mol. The van der Waals surface area contributed by atoms with Crippen LogP contribution < -0.4 is 14.8 Å². The van der Waals surface area contributed by atoms with E-state index in [0.29, 0.717) is 17.2 Å². The summed E-state index contributed by atoms with van der Waals surface area (Å²) in [5.74, 6) is 0.851. The second-order valence-electron chi connectivity index (χ2n) is 5.61. The van der Waals surface area contributed by atoms with E-state index in [9.17, 15) is 4.79 Å². The van der Waals surface area contributed by atoms with Gasteiger partial charge in [0.25, 0.3) is 5.91 Å². The molecule has 2 aromatic carbocycles. The molecule has 0 aliphatic heterocycles. The van der Waals surface area contributed by atoms with Crippen molar-refractivity contribution in [1.29, 1.82) is 0 Å². The van der Waals surface area contributed by atoms with Gasteiger partial charge >= 0.3 is 0 Å². The molecule has 0 radical (unpaired) electrons. The summed E-state index contributed by atoms with van der Waals surface area (Å²) < 4.78 is 14.8. The number of rotatable bonds is 7. The largest absolute Gasteiger partial charge is 0.493 e. The van der Waals surface area contributed by atoms with Gasteiger partial charge in [-0.1, -0.05) is 34.8 Å². The minimum atomic E-state index is -0.252. The van der Waals surface area contributed by atoms with Crippen molar-refractivity contribution in [3.05, 3.63) is 59.5 Å². The molecular formula is C20H19N3O3S. The topological polar surface area (TPSA) is 73.3 Å². The number of hydrogen-bond acceptors (Lipinski definition) is 6. The maximum Gasteiger partial charge on any atom is 0.262 e. The maximum atomic E-state index is 12.2. The normalized spacial score (nSPS) is 10.7. The van der Waals surface area contributed by atoms with Crippen LogP contribution in [0.2, 0.25) is 0 Å². The molecule has 1 heterocycles. The number of carbonyl (C=O) groups excluding carboxylic acids is 1. The van der Waals surface area contributed by atoms with Gasteiger partial charge in [-0.2, -0.15) is 0 Å². The van der Waals surface area contributed by atoms with Crippen LogP contribution in [0.25, 0.3) is 17.3 Å². The standard InChI is InChI=1S/C20H19N3O3S/c1-3-4-14-5-10-18(19(11-14)25-2)26-12-20(24)21-16-8-6-15(7-9-16)17-13-27-23-22-17/h3-11,13H,12H2,1-2H3,(H,21,24). The molecule has 6 nitrogen and oxygen atoms in total. The van der Waals surface area contributed by atoms with Crippen molar-refractivity contribution in [3.8, 4) is 22.8 Å². The lowest BCUT2D eigenvalue weighted by Crippen LogP contribution is -2.20. The number of ether oxygens (including phenoxy) is 2. The Morgan fingerprint density at radius 2 is 2.00 bits per heavy atom. The molecule has 1 aromatic heterocycles. The fraction of sp³-hybridized carbons (Fsp3) is 0.150. The first-order valence-corrected chi connectivity index (χ1v) is 9.14. The zero-order chi connectivity index (χ0) is 19.1. The molecule has 1 N–H and O–H groups in total. The number of methoxy groups -OCH3 is 1. The third-order valence-electron chi connectivity index (χ3n) is 3.73. The number of benzene rings is 2. The minimum absolute atomic E-state index is 0.114. The van der Waals surface area contributed by atoms with E-state index in [0.717, 1.165) is 16.8 Å². The third kappa shape index (κ3) is 4.92. The van der Waals surface area contributed by atoms with Crippen LogP contribution in [-0.4, -0.2) is 29.2 Å². The van der Waals surface area contributed by atoms with E-state index in [1.165, 1.54) is 11.5 Å². The highest BCUT2D eigenvalue weighted by Gasteiger charge is 2.09. The van der Waals surface area contributed by atoms with Crippen molar-refractivity contribution in [3.63, 3.8) is 0 Å². The Morgan fingerprint density at radius 3 is 2.67 bits per heavy atom. The summed E-state index contributed by atoms with van der Waals surface area (Å²) in [6.45, 7) is 1.83. The van der Waals surface area contributed by atoms with Crippen LogP contribution in [0.15, 0.2) is 53.9 Å². The molecule has 138 valence electrons. The number of anilines is 1. The minimum Gasteiger partial charge on any atom is -0.493 e. The van der Waals surface area contributed by atoms with Crippen molar-refractivity contribution < 1.29 is 14.3 Å². The Hall–Kier alpha value is -3.19. The highest BCUT2D eigenvalue weighted by molar-refractivity contribution is 7.03. The summed E-state index contributed by atoms with van der Waals surface area (Å²) in [4.78, 5) is 12.2. The molecule has 3 rings (SSSR count). The Morgan fingerprint density at radius 1 is 1.19 bits per heavy atom. The van der Waals surface area contributed by atoms with Crippen molar-refractivity contribution in [1.82, 2.24) is 9.59 Å². The van der Waals surface area contributed by atoms with Crippen LogP contribution in [0.5, 0.6) is 11.5 Å². The van der Waals surface area contributed by atoms with Gasteiger partial charge in [-0.25, -0.2) is 0 Å². The van der Waals surface area contributed by atoms with Gasteiger partial charge in [0.05, 0.1) is 7.11 Å². The average molecular weight is 381 g/mol. The zero-order valence-corrected chi connectivity index (χ0v) is 15.8. The quantitative estimate of drug-likeness (QED) is 0.662. The SMILES string of the molecule is CC=Cc1ccc(OCC(=O)Nc2ccc(-c3csnn3)cc2)c(OC)c1. The summed E-state index contributed by atoms with van der Waals surface area (Å²) in [6, 6.07) is 13.0. The van der Waals surface area contributed by atoms with E-state index in [1.807, 2.05) is 60.9 Å². The molecule has 0 unspecified atom stereocenters. The van der Waals surface area contributed by atoms with Gasteiger partial charge in [0, 0.05) is 16.6 Å². The van der Waals surface area contributed by atoms with Gasteiger partial charge in [0.2, 0.25) is 0 Å². The fourth-order valence-electron chi connectivity index (χ4n) is 2.45. The molecule has 0 bridgehead atoms. The summed E-state index contributed by atoms with van der Waals surface area (Å²) >= 11 is 1.30. The van der Waals surface area contributed by atoms with Crippen LogP contribution in [-0.2, 0) is 4.79 Å². The molecule has 27 heavy (non-hydrogen) atoms. The molecule has 0 aliphatic carbocycles. The number of allylic oxidation sites excluding steroid dienone is 1. The highest BCUT2D eigenvalue weighted by Crippen LogP contribution is 2.28. The predicted octanol–water partition coefficient (Wildman–Crippen LogP) is 4.26. The third-order valence-corrected chi connectivity index (χ3v) is 4.23. The second kappa shape index (κ2) is 8.95. The Labute approximate surface area is 161 Å². The van der Waals surface area contributed by atoms with E-state index in [-0.39, 0.29) is 12.5 Å². The van der Waals surface area contributed by atoms with Crippen molar-refractivity contribution in [2.24, 2.45) is 0 Å². The number of amides is 1. The molecular weight excluding hydrogens is 362 g/mol. The molecule has 0 fully saturated rings. The van der Waals surface area contributed by atoms with Crippen molar-refractivity contribution in [2.75, 3.05) is 19.0 Å². The molecule has 3 aromatic rings. The molecule has 0 spiro atoms. The van der Waals surface area contributed by atoms with Crippen LogP contribution in [0.4, 0.5) is 5.69 Å². The lowest BCUT2D eigenvalue weighted by Gasteiger charge is -2.11. The first-order chi connectivity index (χ1) is 13.2. The number of hydrogen-bond donors (Lipinski definition) is 1. The number of nitrogens with one attached hydrogen (secondary N) is 1. The maximum absolute atomic E-state index is 12.2. The van der Waals surface area contributed by atoms with Crippen molar-refractivity contribution >= 4 is 29.2 Å². The van der Waals surface area contributed by atoms with Gasteiger partial charge in [0.15, 0.2) is 18.1 Å². The molecule has 0 atom stereocenters. The van der Waals surface area contributed by atoms with Gasteiger partial charge in [-0.15, -0.1) is 5.10 Å². The molecule has 7 heteroatoms. The Bertz CT molecular complexity index is 922. The average Bonchev–Trinajstić information content (AvgIpc) is 3.22. The Balaban J connectivity index is 1.58. The summed E-state index contributed by atoms with van der Waals surface area (Å²) in [5, 5.41) is 8.70. The van der Waals surface area contributed by atoms with E-state index in [1.54, 1.807) is 13.2 Å². The van der Waals surface area contributed by atoms with Gasteiger partial charge < -0.3 is 14.8 Å². The first-order valence-electron chi connectivity index (χ1n) is 8.30. The number of carbonyl (C=O) groups is 1. The molecule has 1 amide bonds. The van der Waals surface area contributed by atoms with E-state index >= 15 is 0 Å². The van der Waals surface area contributed by atoms with Crippen LogP contribution >= 0.6 is 11.5 Å². The second-order valence-corrected chi connectivity index (χ2v) is 6.22. The fourth-order valence-corrected chi connectivity index (χ4v) is 2.92. The Kier molecular flexibility index (Phi) is 6.17. The van der Waals surface area contributed by atoms with Gasteiger partial charge in [0.1, 0.15) is 5.69 Å². The number of nitrogens with zero attached hydrogens (tertiary/aromatic N) is 2. The summed E-state index contributed by atoms with van der Waals surface area (Å²) in [7, 11) is 1.57. The van der Waals surface area contributed by atoms with E-state index < -0.39 is 0 Å². The van der Waals surface area contributed by atoms with E-state index in [4.69, 9.17) is 9.47 Å².